The van der Waals surface area contributed by atoms with Gasteiger partial charge in [-0.2, -0.15) is 10.2 Å². The lowest BCUT2D eigenvalue weighted by atomic mass is 9.76. The van der Waals surface area contributed by atoms with Gasteiger partial charge in [-0.1, -0.05) is 6.07 Å². The molecule has 1 aromatic heterocycles. The number of carbonyl (C=O) groups excluding carboxylic acids is 1. The number of aldehydes is 1. The van der Waals surface area contributed by atoms with Gasteiger partial charge in [-0.15, -0.1) is 0 Å². The summed E-state index contributed by atoms with van der Waals surface area (Å²) in [4.78, 5) is 15.8. The maximum absolute atomic E-state index is 11.7. The predicted molar refractivity (Wildman–Crippen MR) is 103 cm³/mol. The van der Waals surface area contributed by atoms with Crippen LogP contribution in [-0.2, 0) is 9.31 Å². The smallest absolute Gasteiger partial charge is 0.481 e. The number of nitrogens with zero attached hydrogens (tertiary/aromatic N) is 2. The highest BCUT2D eigenvalue weighted by atomic mass is 16.7. The molecule has 2 heterocycles. The van der Waals surface area contributed by atoms with Crippen molar-refractivity contribution >= 4 is 18.9 Å². The third kappa shape index (κ3) is 3.59. The molecule has 1 aliphatic heterocycles. The number of ether oxygens (including phenoxy) is 2. The molecule has 0 atom stereocenters. The number of carbonyl (C=O) groups is 1. The van der Waals surface area contributed by atoms with E-state index in [9.17, 15) is 10.1 Å². The molecule has 0 bridgehead atoms. The quantitative estimate of drug-likeness (QED) is 0.582. The zero-order valence-electron chi connectivity index (χ0n) is 16.5. The predicted octanol–water partition coefficient (Wildman–Crippen LogP) is 2.87. The molecule has 1 saturated heterocycles. The minimum absolute atomic E-state index is 0.0992. The fourth-order valence-corrected chi connectivity index (χ4v) is 2.71. The molecule has 0 N–H and O–H groups in total. The lowest BCUT2D eigenvalue weighted by Crippen LogP contribution is -2.41. The van der Waals surface area contributed by atoms with Crippen LogP contribution in [0.25, 0.3) is 0 Å². The van der Waals surface area contributed by atoms with Crippen LogP contribution in [0, 0.1) is 11.3 Å². The maximum Gasteiger partial charge on any atom is 0.495 e. The number of aromatic nitrogens is 1. The number of rotatable bonds is 5. The second kappa shape index (κ2) is 7.26. The minimum Gasteiger partial charge on any atom is -0.481 e. The Labute approximate surface area is 164 Å². The van der Waals surface area contributed by atoms with Crippen LogP contribution in [0.5, 0.6) is 17.5 Å². The first kappa shape index (κ1) is 19.9. The molecule has 28 heavy (non-hydrogen) atoms. The van der Waals surface area contributed by atoms with E-state index in [-0.39, 0.29) is 11.4 Å². The third-order valence-electron chi connectivity index (χ3n) is 5.07. The van der Waals surface area contributed by atoms with E-state index >= 15 is 0 Å². The molecular weight excluding hydrogens is 359 g/mol. The molecule has 0 saturated carbocycles. The lowest BCUT2D eigenvalue weighted by Gasteiger charge is -2.32. The molecular formula is C20H21BN2O5. The van der Waals surface area contributed by atoms with Gasteiger partial charge in [-0.3, -0.25) is 4.79 Å². The topological polar surface area (TPSA) is 90.7 Å². The zero-order valence-corrected chi connectivity index (χ0v) is 16.5. The van der Waals surface area contributed by atoms with Gasteiger partial charge in [-0.05, 0) is 51.4 Å². The molecule has 2 aromatic rings. The van der Waals surface area contributed by atoms with Gasteiger partial charge in [0.05, 0.1) is 18.3 Å². The Kier molecular flexibility index (Phi) is 5.15. The Bertz CT molecular complexity index is 936. The largest absolute Gasteiger partial charge is 0.495 e. The van der Waals surface area contributed by atoms with Crippen LogP contribution < -0.4 is 14.9 Å². The molecule has 0 radical (unpaired) electrons. The van der Waals surface area contributed by atoms with Crippen LogP contribution in [0.3, 0.4) is 0 Å². The standard InChI is InChI=1S/C20H21BN2O5/c1-19(2)20(3,4)28-21(27-19)16-8-7-15(10-14(16)12-24)26-18-13(11-22)6-9-17(23-18)25-5/h6-10,12H,1-5H3. The van der Waals surface area contributed by atoms with E-state index in [0.29, 0.717) is 22.7 Å². The molecule has 1 fully saturated rings. The Morgan fingerprint density at radius 3 is 2.39 bits per heavy atom. The van der Waals surface area contributed by atoms with Crippen LogP contribution in [0.2, 0.25) is 0 Å². The van der Waals surface area contributed by atoms with E-state index in [1.54, 1.807) is 30.3 Å². The first-order valence-corrected chi connectivity index (χ1v) is 8.78. The molecule has 8 heteroatoms. The van der Waals surface area contributed by atoms with Crippen LogP contribution in [0.4, 0.5) is 0 Å². The molecule has 0 unspecified atom stereocenters. The Morgan fingerprint density at radius 2 is 1.82 bits per heavy atom. The Morgan fingerprint density at radius 1 is 1.14 bits per heavy atom. The Hall–Kier alpha value is -2.89. The monoisotopic (exact) mass is 380 g/mol. The molecule has 144 valence electrons. The number of hydrogen-bond acceptors (Lipinski definition) is 7. The van der Waals surface area contributed by atoms with Crippen LogP contribution in [0.15, 0.2) is 30.3 Å². The maximum atomic E-state index is 11.7. The second-order valence-electron chi connectivity index (χ2n) is 7.42. The van der Waals surface area contributed by atoms with Crippen molar-refractivity contribution in [2.45, 2.75) is 38.9 Å². The van der Waals surface area contributed by atoms with Gasteiger partial charge < -0.3 is 18.8 Å². The molecule has 1 aliphatic rings. The summed E-state index contributed by atoms with van der Waals surface area (Å²) in [6.45, 7) is 7.79. The van der Waals surface area contributed by atoms with Crippen molar-refractivity contribution in [2.75, 3.05) is 7.11 Å². The van der Waals surface area contributed by atoms with Crippen LogP contribution in [0.1, 0.15) is 43.6 Å². The van der Waals surface area contributed by atoms with Gasteiger partial charge in [0.25, 0.3) is 0 Å². The van der Waals surface area contributed by atoms with Gasteiger partial charge in [0, 0.05) is 11.6 Å². The number of methoxy groups -OCH3 is 1. The van der Waals surface area contributed by atoms with E-state index in [1.807, 2.05) is 33.8 Å². The number of nitriles is 1. The van der Waals surface area contributed by atoms with E-state index in [2.05, 4.69) is 4.98 Å². The minimum atomic E-state index is -0.663. The Balaban J connectivity index is 1.91. The SMILES string of the molecule is COc1ccc(C#N)c(Oc2ccc(B3OC(C)(C)C(C)(C)O3)c(C=O)c2)n1. The summed E-state index contributed by atoms with van der Waals surface area (Å²) in [5, 5.41) is 9.25. The van der Waals surface area contributed by atoms with Gasteiger partial charge >= 0.3 is 7.12 Å². The van der Waals surface area contributed by atoms with Crippen LogP contribution >= 0.6 is 0 Å². The fourth-order valence-electron chi connectivity index (χ4n) is 2.71. The number of pyridine rings is 1. The van der Waals surface area contributed by atoms with Gasteiger partial charge in [0.1, 0.15) is 23.7 Å². The molecule has 0 spiro atoms. The highest BCUT2D eigenvalue weighted by Crippen LogP contribution is 2.37. The normalized spacial score (nSPS) is 17.1. The fraction of sp³-hybridized carbons (Fsp3) is 0.350. The van der Waals surface area contributed by atoms with Crippen molar-refractivity contribution in [3.05, 3.63) is 41.5 Å². The van der Waals surface area contributed by atoms with E-state index in [0.717, 1.165) is 6.29 Å². The van der Waals surface area contributed by atoms with Crippen molar-refractivity contribution in [1.29, 1.82) is 5.26 Å². The van der Waals surface area contributed by atoms with Crippen molar-refractivity contribution in [1.82, 2.24) is 4.98 Å². The van der Waals surface area contributed by atoms with E-state index < -0.39 is 18.3 Å². The second-order valence-corrected chi connectivity index (χ2v) is 7.42. The van der Waals surface area contributed by atoms with Crippen LogP contribution in [-0.4, -0.2) is 36.7 Å². The molecule has 3 rings (SSSR count). The van der Waals surface area contributed by atoms with Crippen molar-refractivity contribution < 1.29 is 23.6 Å². The summed E-state index contributed by atoms with van der Waals surface area (Å²) >= 11 is 0. The summed E-state index contributed by atoms with van der Waals surface area (Å²) in [6.07, 6.45) is 0.720. The van der Waals surface area contributed by atoms with E-state index in [4.69, 9.17) is 18.8 Å². The first-order valence-electron chi connectivity index (χ1n) is 8.78. The first-order chi connectivity index (χ1) is 13.2. The lowest BCUT2D eigenvalue weighted by molar-refractivity contribution is 0.00578. The van der Waals surface area contributed by atoms with E-state index in [1.165, 1.54) is 7.11 Å². The average Bonchev–Trinajstić information content (AvgIpc) is 2.88. The highest BCUT2D eigenvalue weighted by Gasteiger charge is 2.52. The molecule has 1 aromatic carbocycles. The van der Waals surface area contributed by atoms with Crippen molar-refractivity contribution in [2.24, 2.45) is 0 Å². The van der Waals surface area contributed by atoms with Gasteiger partial charge in [-0.25, -0.2) is 0 Å². The zero-order chi connectivity index (χ0) is 20.5. The van der Waals surface area contributed by atoms with Crippen molar-refractivity contribution in [3.8, 4) is 23.6 Å². The summed E-state index contributed by atoms with van der Waals surface area (Å²) in [5.41, 5.74) is 0.208. The summed E-state index contributed by atoms with van der Waals surface area (Å²) in [7, 11) is 0.811. The molecule has 7 nitrogen and oxygen atoms in total. The molecule has 0 amide bonds. The number of benzene rings is 1. The molecule has 0 aliphatic carbocycles. The third-order valence-corrected chi connectivity index (χ3v) is 5.07. The highest BCUT2D eigenvalue weighted by molar-refractivity contribution is 6.63. The summed E-state index contributed by atoms with van der Waals surface area (Å²) < 4.78 is 22.9. The average molecular weight is 380 g/mol. The summed E-state index contributed by atoms with van der Waals surface area (Å²) in [6, 6.07) is 10.1. The summed E-state index contributed by atoms with van der Waals surface area (Å²) in [5.74, 6) is 0.778. The number of hydrogen-bond donors (Lipinski definition) is 0. The van der Waals surface area contributed by atoms with Crippen molar-refractivity contribution in [3.63, 3.8) is 0 Å². The van der Waals surface area contributed by atoms with Gasteiger partial charge in [0.2, 0.25) is 11.8 Å². The van der Waals surface area contributed by atoms with Gasteiger partial charge in [0.15, 0.2) is 0 Å².